The number of ether oxygens (including phenoxy) is 1. The smallest absolute Gasteiger partial charge is 0.409 e. The van der Waals surface area contributed by atoms with Crippen molar-refractivity contribution < 1.29 is 19.4 Å². The molecule has 1 unspecified atom stereocenters. The Morgan fingerprint density at radius 1 is 0.969 bits per heavy atom. The molecule has 2 aliphatic rings. The van der Waals surface area contributed by atoms with Crippen molar-refractivity contribution in [2.45, 2.75) is 17.8 Å². The van der Waals surface area contributed by atoms with Crippen LogP contribution in [0.5, 0.6) is 0 Å². The summed E-state index contributed by atoms with van der Waals surface area (Å²) in [5.74, 6) is -1.03. The average Bonchev–Trinajstić information content (AvgIpc) is 3.39. The van der Waals surface area contributed by atoms with E-state index in [4.69, 9.17) is 16.3 Å². The number of carboxylic acid groups (broad SMARTS) is 1. The van der Waals surface area contributed by atoms with E-state index < -0.39 is 17.5 Å². The van der Waals surface area contributed by atoms with Crippen LogP contribution in [0.1, 0.15) is 29.0 Å². The monoisotopic (exact) mass is 447 g/mol. The maximum atomic E-state index is 12.9. The highest BCUT2D eigenvalue weighted by Gasteiger charge is 2.49. The first-order valence-corrected chi connectivity index (χ1v) is 11.0. The molecule has 1 fully saturated rings. The molecule has 6 heteroatoms. The first-order valence-electron chi connectivity index (χ1n) is 10.6. The van der Waals surface area contributed by atoms with Crippen molar-refractivity contribution in [3.63, 3.8) is 0 Å². The molecule has 162 valence electrons. The van der Waals surface area contributed by atoms with E-state index in [1.807, 2.05) is 24.3 Å². The van der Waals surface area contributed by atoms with Gasteiger partial charge in [0, 0.05) is 24.0 Å². The zero-order chi connectivity index (χ0) is 22.3. The number of carbonyl (C=O) groups is 2. The number of likely N-dealkylation sites (tertiary alicyclic amines) is 1. The van der Waals surface area contributed by atoms with Gasteiger partial charge in [0.05, 0.1) is 0 Å². The van der Waals surface area contributed by atoms with Crippen LogP contribution in [0.3, 0.4) is 0 Å². The van der Waals surface area contributed by atoms with Gasteiger partial charge in [0.1, 0.15) is 12.0 Å². The molecule has 1 N–H and O–H groups in total. The number of hydrogen-bond acceptors (Lipinski definition) is 3. The first-order chi connectivity index (χ1) is 15.5. The molecule has 0 bridgehead atoms. The summed E-state index contributed by atoms with van der Waals surface area (Å²) < 4.78 is 5.72. The predicted molar refractivity (Wildman–Crippen MR) is 122 cm³/mol. The molecule has 5 nitrogen and oxygen atoms in total. The molecule has 32 heavy (non-hydrogen) atoms. The van der Waals surface area contributed by atoms with Crippen molar-refractivity contribution in [2.75, 3.05) is 19.7 Å². The Hall–Kier alpha value is -3.31. The van der Waals surface area contributed by atoms with E-state index in [2.05, 4.69) is 24.3 Å². The van der Waals surface area contributed by atoms with Crippen molar-refractivity contribution in [1.29, 1.82) is 0 Å². The zero-order valence-electron chi connectivity index (χ0n) is 17.3. The quantitative estimate of drug-likeness (QED) is 0.588. The van der Waals surface area contributed by atoms with E-state index in [9.17, 15) is 14.7 Å². The number of aliphatic carboxylic acids is 1. The number of rotatable bonds is 4. The van der Waals surface area contributed by atoms with E-state index in [1.165, 1.54) is 4.90 Å². The minimum Gasteiger partial charge on any atom is -0.481 e. The fourth-order valence-corrected chi connectivity index (χ4v) is 5.33. The molecular formula is C26H22ClNO4. The molecule has 0 spiro atoms. The number of nitrogens with zero attached hydrogens (tertiary/aromatic N) is 1. The highest BCUT2D eigenvalue weighted by atomic mass is 35.5. The van der Waals surface area contributed by atoms with Crippen LogP contribution in [0.25, 0.3) is 11.1 Å². The number of halogens is 1. The van der Waals surface area contributed by atoms with Crippen molar-refractivity contribution in [1.82, 2.24) is 4.90 Å². The van der Waals surface area contributed by atoms with Crippen LogP contribution in [0.4, 0.5) is 4.79 Å². The summed E-state index contributed by atoms with van der Waals surface area (Å²) in [5, 5.41) is 10.4. The summed E-state index contributed by atoms with van der Waals surface area (Å²) in [6, 6.07) is 23.2. The third-order valence-corrected chi connectivity index (χ3v) is 6.99. The normalized spacial score (nSPS) is 19.5. The van der Waals surface area contributed by atoms with Crippen molar-refractivity contribution in [3.05, 3.63) is 94.5 Å². The van der Waals surface area contributed by atoms with Gasteiger partial charge in [-0.05, 0) is 40.3 Å². The molecule has 0 radical (unpaired) electrons. The molecule has 0 saturated carbocycles. The molecule has 1 aliphatic carbocycles. The van der Waals surface area contributed by atoms with Gasteiger partial charge in [-0.1, -0.05) is 78.3 Å². The number of benzene rings is 3. The van der Waals surface area contributed by atoms with Gasteiger partial charge in [-0.15, -0.1) is 0 Å². The van der Waals surface area contributed by atoms with Crippen molar-refractivity contribution in [2.24, 2.45) is 0 Å². The lowest BCUT2D eigenvalue weighted by Crippen LogP contribution is -2.41. The third kappa shape index (κ3) is 3.24. The van der Waals surface area contributed by atoms with E-state index in [1.54, 1.807) is 24.3 Å². The minimum atomic E-state index is -1.23. The Morgan fingerprint density at radius 2 is 1.56 bits per heavy atom. The van der Waals surface area contributed by atoms with E-state index in [0.29, 0.717) is 17.1 Å². The molecule has 1 saturated heterocycles. The maximum Gasteiger partial charge on any atom is 0.409 e. The van der Waals surface area contributed by atoms with Gasteiger partial charge in [-0.2, -0.15) is 0 Å². The maximum absolute atomic E-state index is 12.9. The van der Waals surface area contributed by atoms with E-state index in [0.717, 1.165) is 22.3 Å². The molecule has 1 heterocycles. The SMILES string of the molecule is O=C(OCC1c2ccccc2-c2ccccc21)N1CCC(C(=O)O)(c2ccccc2Cl)C1. The lowest BCUT2D eigenvalue weighted by Gasteiger charge is -2.26. The fourth-order valence-electron chi connectivity index (χ4n) is 5.01. The second kappa shape index (κ2) is 7.99. The fraction of sp³-hybridized carbons (Fsp3) is 0.231. The number of carbonyl (C=O) groups excluding carboxylic acids is 1. The first kappa shape index (κ1) is 20.6. The predicted octanol–water partition coefficient (Wildman–Crippen LogP) is 5.32. The summed E-state index contributed by atoms with van der Waals surface area (Å²) in [6.07, 6.45) is -0.210. The van der Waals surface area contributed by atoms with Crippen LogP contribution in [0.2, 0.25) is 5.02 Å². The Bertz CT molecular complexity index is 1160. The Labute approximate surface area is 191 Å². The molecule has 1 amide bonds. The van der Waals surface area contributed by atoms with Crippen molar-refractivity contribution >= 4 is 23.7 Å². The molecule has 1 atom stereocenters. The van der Waals surface area contributed by atoms with E-state index >= 15 is 0 Å². The summed E-state index contributed by atoms with van der Waals surface area (Å²) in [5.41, 5.74) is 3.90. The third-order valence-electron chi connectivity index (χ3n) is 6.66. The summed E-state index contributed by atoms with van der Waals surface area (Å²) in [7, 11) is 0. The highest BCUT2D eigenvalue weighted by Crippen LogP contribution is 2.45. The van der Waals surface area contributed by atoms with E-state index in [-0.39, 0.29) is 25.5 Å². The topological polar surface area (TPSA) is 66.8 Å². The number of amides is 1. The van der Waals surface area contributed by atoms with Crippen LogP contribution >= 0.6 is 11.6 Å². The van der Waals surface area contributed by atoms with Gasteiger partial charge in [0.15, 0.2) is 0 Å². The second-order valence-corrected chi connectivity index (χ2v) is 8.75. The molecule has 0 aromatic heterocycles. The van der Waals surface area contributed by atoms with Gasteiger partial charge in [-0.25, -0.2) is 4.79 Å². The average molecular weight is 448 g/mol. The number of hydrogen-bond donors (Lipinski definition) is 1. The van der Waals surface area contributed by atoms with Gasteiger partial charge in [0.25, 0.3) is 0 Å². The van der Waals surface area contributed by atoms with Crippen LogP contribution in [0.15, 0.2) is 72.8 Å². The highest BCUT2D eigenvalue weighted by molar-refractivity contribution is 6.31. The van der Waals surface area contributed by atoms with Gasteiger partial charge in [-0.3, -0.25) is 4.79 Å². The van der Waals surface area contributed by atoms with Crippen LogP contribution in [0, 0.1) is 0 Å². The lowest BCUT2D eigenvalue weighted by atomic mass is 9.79. The summed E-state index contributed by atoms with van der Waals surface area (Å²) in [6.45, 7) is 0.534. The van der Waals surface area contributed by atoms with Gasteiger partial charge in [0.2, 0.25) is 0 Å². The largest absolute Gasteiger partial charge is 0.481 e. The molecule has 3 aromatic carbocycles. The minimum absolute atomic E-state index is 0.0305. The summed E-state index contributed by atoms with van der Waals surface area (Å²) >= 11 is 6.31. The van der Waals surface area contributed by atoms with Gasteiger partial charge < -0.3 is 14.7 Å². The Kier molecular flexibility index (Phi) is 5.14. The van der Waals surface area contributed by atoms with Crippen LogP contribution in [-0.4, -0.2) is 41.8 Å². The van der Waals surface area contributed by atoms with Crippen LogP contribution in [-0.2, 0) is 14.9 Å². The standard InChI is InChI=1S/C26H22ClNO4/c27-23-12-6-5-11-22(23)26(24(29)30)13-14-28(16-26)25(31)32-15-21-19-9-3-1-7-17(19)18-8-2-4-10-20(18)21/h1-12,21H,13-16H2,(H,29,30). The Morgan fingerprint density at radius 3 is 2.19 bits per heavy atom. The van der Waals surface area contributed by atoms with Crippen LogP contribution < -0.4 is 0 Å². The summed E-state index contributed by atoms with van der Waals surface area (Å²) in [4.78, 5) is 26.7. The number of carboxylic acids is 1. The zero-order valence-corrected chi connectivity index (χ0v) is 18.1. The number of fused-ring (bicyclic) bond motifs is 3. The molecular weight excluding hydrogens is 426 g/mol. The molecule has 3 aromatic rings. The second-order valence-electron chi connectivity index (χ2n) is 8.34. The molecule has 5 rings (SSSR count). The molecule has 1 aliphatic heterocycles. The van der Waals surface area contributed by atoms with Crippen molar-refractivity contribution in [3.8, 4) is 11.1 Å². The van der Waals surface area contributed by atoms with Gasteiger partial charge >= 0.3 is 12.1 Å². The lowest BCUT2D eigenvalue weighted by molar-refractivity contribution is -0.143. The Balaban J connectivity index is 1.34.